The first kappa shape index (κ1) is 14.0. The molecule has 19 heavy (non-hydrogen) atoms. The summed E-state index contributed by atoms with van der Waals surface area (Å²) in [7, 11) is 0. The molecule has 0 aliphatic heterocycles. The third-order valence-electron chi connectivity index (χ3n) is 3.39. The Morgan fingerprint density at radius 1 is 1.05 bits per heavy atom. The predicted octanol–water partition coefficient (Wildman–Crippen LogP) is 3.51. The van der Waals surface area contributed by atoms with Gasteiger partial charge in [0.2, 0.25) is 0 Å². The van der Waals surface area contributed by atoms with E-state index in [4.69, 9.17) is 0 Å². The minimum atomic E-state index is -0.434. The monoisotopic (exact) mass is 257 g/mol. The standard InChI is InChI=1S/C17H23NO/c1-13(2)9-10-18-12-17(19)16-8-7-14-5-3-4-6-15(14)11-16/h3-8,11,13,17-19H,9-10,12H2,1-2H3. The van der Waals surface area contributed by atoms with Crippen molar-refractivity contribution in [3.63, 3.8) is 0 Å². The Balaban J connectivity index is 1.95. The van der Waals surface area contributed by atoms with Gasteiger partial charge in [0, 0.05) is 6.54 Å². The van der Waals surface area contributed by atoms with E-state index in [1.165, 1.54) is 10.8 Å². The van der Waals surface area contributed by atoms with Gasteiger partial charge < -0.3 is 10.4 Å². The van der Waals surface area contributed by atoms with Crippen molar-refractivity contribution in [3.8, 4) is 0 Å². The normalized spacial score (nSPS) is 13.1. The van der Waals surface area contributed by atoms with Gasteiger partial charge in [0.05, 0.1) is 6.10 Å². The van der Waals surface area contributed by atoms with Gasteiger partial charge in [-0.2, -0.15) is 0 Å². The zero-order valence-electron chi connectivity index (χ0n) is 11.8. The lowest BCUT2D eigenvalue weighted by Crippen LogP contribution is -2.23. The summed E-state index contributed by atoms with van der Waals surface area (Å²) in [6.45, 7) is 6.00. The smallest absolute Gasteiger partial charge is 0.0914 e. The fourth-order valence-corrected chi connectivity index (χ4v) is 2.16. The largest absolute Gasteiger partial charge is 0.387 e. The zero-order valence-corrected chi connectivity index (χ0v) is 11.8. The van der Waals surface area contributed by atoms with E-state index in [1.807, 2.05) is 18.2 Å². The van der Waals surface area contributed by atoms with Gasteiger partial charge in [-0.05, 0) is 41.3 Å². The molecule has 0 radical (unpaired) electrons. The van der Waals surface area contributed by atoms with Crippen LogP contribution in [-0.4, -0.2) is 18.2 Å². The highest BCUT2D eigenvalue weighted by Crippen LogP contribution is 2.20. The molecular weight excluding hydrogens is 234 g/mol. The molecule has 0 aromatic heterocycles. The summed E-state index contributed by atoms with van der Waals surface area (Å²) in [6.07, 6.45) is 0.710. The van der Waals surface area contributed by atoms with E-state index in [0.29, 0.717) is 12.5 Å². The van der Waals surface area contributed by atoms with Crippen molar-refractivity contribution in [3.05, 3.63) is 48.0 Å². The van der Waals surface area contributed by atoms with Gasteiger partial charge in [0.1, 0.15) is 0 Å². The Morgan fingerprint density at radius 3 is 2.53 bits per heavy atom. The lowest BCUT2D eigenvalue weighted by atomic mass is 10.0. The van der Waals surface area contributed by atoms with E-state index in [0.717, 1.165) is 18.5 Å². The molecule has 102 valence electrons. The van der Waals surface area contributed by atoms with Crippen LogP contribution in [0.2, 0.25) is 0 Å². The number of fused-ring (bicyclic) bond motifs is 1. The van der Waals surface area contributed by atoms with E-state index in [9.17, 15) is 5.11 Å². The summed E-state index contributed by atoms with van der Waals surface area (Å²) in [5.74, 6) is 0.699. The Labute approximate surface area is 115 Å². The van der Waals surface area contributed by atoms with Gasteiger partial charge in [-0.25, -0.2) is 0 Å². The first-order chi connectivity index (χ1) is 9.16. The maximum atomic E-state index is 10.2. The van der Waals surface area contributed by atoms with Crippen LogP contribution in [0.5, 0.6) is 0 Å². The SMILES string of the molecule is CC(C)CCNCC(O)c1ccc2ccccc2c1. The molecule has 2 heteroatoms. The summed E-state index contributed by atoms with van der Waals surface area (Å²) in [6, 6.07) is 14.4. The molecule has 0 spiro atoms. The van der Waals surface area contributed by atoms with Crippen LogP contribution in [0.1, 0.15) is 31.9 Å². The second-order valence-electron chi connectivity index (χ2n) is 5.51. The molecule has 0 saturated carbocycles. The topological polar surface area (TPSA) is 32.3 Å². The molecule has 0 aliphatic rings. The van der Waals surface area contributed by atoms with Crippen LogP contribution in [0.4, 0.5) is 0 Å². The van der Waals surface area contributed by atoms with E-state index in [1.54, 1.807) is 0 Å². The number of aliphatic hydroxyl groups is 1. The van der Waals surface area contributed by atoms with E-state index in [2.05, 4.69) is 43.4 Å². The van der Waals surface area contributed by atoms with Crippen molar-refractivity contribution in [1.29, 1.82) is 0 Å². The molecule has 0 amide bonds. The van der Waals surface area contributed by atoms with Crippen molar-refractivity contribution in [2.24, 2.45) is 5.92 Å². The highest BCUT2D eigenvalue weighted by molar-refractivity contribution is 5.83. The van der Waals surface area contributed by atoms with Crippen molar-refractivity contribution in [1.82, 2.24) is 5.32 Å². The molecule has 1 unspecified atom stereocenters. The van der Waals surface area contributed by atoms with Crippen molar-refractivity contribution in [2.75, 3.05) is 13.1 Å². The second kappa shape index (κ2) is 6.69. The van der Waals surface area contributed by atoms with E-state index < -0.39 is 6.10 Å². The molecule has 0 saturated heterocycles. The Bertz CT molecular complexity index is 521. The quantitative estimate of drug-likeness (QED) is 0.776. The average Bonchev–Trinajstić information content (AvgIpc) is 2.42. The minimum Gasteiger partial charge on any atom is -0.387 e. The number of hydrogen-bond acceptors (Lipinski definition) is 2. The maximum Gasteiger partial charge on any atom is 0.0914 e. The number of rotatable bonds is 6. The number of nitrogens with one attached hydrogen (secondary N) is 1. The fourth-order valence-electron chi connectivity index (χ4n) is 2.16. The van der Waals surface area contributed by atoms with Crippen molar-refractivity contribution < 1.29 is 5.11 Å². The predicted molar refractivity (Wildman–Crippen MR) is 81.2 cm³/mol. The van der Waals surface area contributed by atoms with Gasteiger partial charge >= 0.3 is 0 Å². The fraction of sp³-hybridized carbons (Fsp3) is 0.412. The number of aliphatic hydroxyl groups excluding tert-OH is 1. The molecule has 2 aromatic rings. The first-order valence-electron chi connectivity index (χ1n) is 7.04. The Kier molecular flexibility index (Phi) is 4.94. The lowest BCUT2D eigenvalue weighted by Gasteiger charge is -2.13. The summed E-state index contributed by atoms with van der Waals surface area (Å²) < 4.78 is 0. The maximum absolute atomic E-state index is 10.2. The summed E-state index contributed by atoms with van der Waals surface area (Å²) in [4.78, 5) is 0. The van der Waals surface area contributed by atoms with Gasteiger partial charge in [-0.3, -0.25) is 0 Å². The molecule has 0 fully saturated rings. The van der Waals surface area contributed by atoms with Crippen LogP contribution >= 0.6 is 0 Å². The third-order valence-corrected chi connectivity index (χ3v) is 3.39. The summed E-state index contributed by atoms with van der Waals surface area (Å²) in [5.41, 5.74) is 0.982. The van der Waals surface area contributed by atoms with Crippen LogP contribution in [0, 0.1) is 5.92 Å². The highest BCUT2D eigenvalue weighted by Gasteiger charge is 2.07. The van der Waals surface area contributed by atoms with Gasteiger partial charge in [0.25, 0.3) is 0 Å². The summed E-state index contributed by atoms with van der Waals surface area (Å²) >= 11 is 0. The van der Waals surface area contributed by atoms with Crippen LogP contribution in [-0.2, 0) is 0 Å². The average molecular weight is 257 g/mol. The molecule has 2 nitrogen and oxygen atoms in total. The highest BCUT2D eigenvalue weighted by atomic mass is 16.3. The molecule has 1 atom stereocenters. The van der Waals surface area contributed by atoms with Crippen LogP contribution in [0.15, 0.2) is 42.5 Å². The number of benzene rings is 2. The number of hydrogen-bond donors (Lipinski definition) is 2. The van der Waals surface area contributed by atoms with Gasteiger partial charge in [0.15, 0.2) is 0 Å². The lowest BCUT2D eigenvalue weighted by molar-refractivity contribution is 0.174. The summed E-state index contributed by atoms with van der Waals surface area (Å²) in [5, 5.41) is 15.9. The van der Waals surface area contributed by atoms with Crippen LogP contribution < -0.4 is 5.32 Å². The van der Waals surface area contributed by atoms with Gasteiger partial charge in [-0.15, -0.1) is 0 Å². The third kappa shape index (κ3) is 4.05. The Morgan fingerprint density at radius 2 is 1.79 bits per heavy atom. The van der Waals surface area contributed by atoms with Crippen molar-refractivity contribution in [2.45, 2.75) is 26.4 Å². The van der Waals surface area contributed by atoms with E-state index in [-0.39, 0.29) is 0 Å². The molecule has 0 aliphatic carbocycles. The Hall–Kier alpha value is -1.38. The zero-order chi connectivity index (χ0) is 13.7. The first-order valence-corrected chi connectivity index (χ1v) is 7.04. The molecule has 0 heterocycles. The van der Waals surface area contributed by atoms with Gasteiger partial charge in [-0.1, -0.05) is 50.2 Å². The molecular formula is C17H23NO. The van der Waals surface area contributed by atoms with Crippen LogP contribution in [0.25, 0.3) is 10.8 Å². The molecule has 2 N–H and O–H groups in total. The second-order valence-corrected chi connectivity index (χ2v) is 5.51. The van der Waals surface area contributed by atoms with Crippen molar-refractivity contribution >= 4 is 10.8 Å². The van der Waals surface area contributed by atoms with Crippen LogP contribution in [0.3, 0.4) is 0 Å². The minimum absolute atomic E-state index is 0.434. The molecule has 0 bridgehead atoms. The van der Waals surface area contributed by atoms with E-state index >= 15 is 0 Å². The molecule has 2 rings (SSSR count). The molecule has 2 aromatic carbocycles.